The van der Waals surface area contributed by atoms with Gasteiger partial charge >= 0.3 is 0 Å². The van der Waals surface area contributed by atoms with Crippen LogP contribution in [0.4, 0.5) is 0 Å². The summed E-state index contributed by atoms with van der Waals surface area (Å²) in [6.45, 7) is 5.14. The summed E-state index contributed by atoms with van der Waals surface area (Å²) in [5, 5.41) is 0. The van der Waals surface area contributed by atoms with E-state index in [0.717, 1.165) is 43.2 Å². The van der Waals surface area contributed by atoms with Crippen LogP contribution >= 0.6 is 0 Å². The van der Waals surface area contributed by atoms with E-state index in [4.69, 9.17) is 5.73 Å². The fourth-order valence-corrected chi connectivity index (χ4v) is 4.38. The average Bonchev–Trinajstić information content (AvgIpc) is 3.31. The van der Waals surface area contributed by atoms with Crippen LogP contribution in [0.1, 0.15) is 50.7 Å². The molecule has 0 aromatic heterocycles. The molecule has 2 rings (SSSR count). The van der Waals surface area contributed by atoms with E-state index in [2.05, 4.69) is 13.8 Å². The van der Waals surface area contributed by atoms with Crippen molar-refractivity contribution < 1.29 is 8.42 Å². The van der Waals surface area contributed by atoms with Crippen LogP contribution in [0.15, 0.2) is 23.1 Å². The number of unbranched alkanes of at least 4 members (excludes halogenated alkanes) is 1. The Morgan fingerprint density at radius 1 is 1.24 bits per heavy atom. The quantitative estimate of drug-likeness (QED) is 0.803. The monoisotopic (exact) mass is 310 g/mol. The summed E-state index contributed by atoms with van der Waals surface area (Å²) < 4.78 is 27.4. The van der Waals surface area contributed by atoms with E-state index in [-0.39, 0.29) is 6.04 Å². The molecule has 4 nitrogen and oxygen atoms in total. The maximum absolute atomic E-state index is 12.9. The molecule has 118 valence electrons. The molecule has 0 heterocycles. The number of hydrogen-bond donors (Lipinski definition) is 1. The zero-order valence-electron chi connectivity index (χ0n) is 13.0. The van der Waals surface area contributed by atoms with Crippen molar-refractivity contribution in [1.82, 2.24) is 4.31 Å². The fraction of sp³-hybridized carbons (Fsp3) is 0.625. The van der Waals surface area contributed by atoms with Gasteiger partial charge < -0.3 is 5.73 Å². The molecular formula is C16H26N2O2S. The molecule has 1 aliphatic rings. The van der Waals surface area contributed by atoms with E-state index in [9.17, 15) is 8.42 Å². The molecule has 0 amide bonds. The Kier molecular flexibility index (Phi) is 5.41. The predicted octanol–water partition coefficient (Wildman–Crippen LogP) is 2.66. The van der Waals surface area contributed by atoms with Crippen molar-refractivity contribution in [3.63, 3.8) is 0 Å². The lowest BCUT2D eigenvalue weighted by atomic mass is 10.1. The lowest BCUT2D eigenvalue weighted by Crippen LogP contribution is -2.34. The molecule has 2 N–H and O–H groups in total. The molecule has 0 aliphatic heterocycles. The fourth-order valence-electron chi connectivity index (χ4n) is 2.61. The highest BCUT2D eigenvalue weighted by atomic mass is 32.2. The zero-order valence-corrected chi connectivity index (χ0v) is 13.8. The third kappa shape index (κ3) is 3.65. The van der Waals surface area contributed by atoms with Crippen molar-refractivity contribution >= 4 is 10.0 Å². The molecule has 0 unspecified atom stereocenters. The first kappa shape index (κ1) is 16.5. The van der Waals surface area contributed by atoms with Gasteiger partial charge in [0.05, 0.1) is 4.90 Å². The largest absolute Gasteiger partial charge is 0.326 e. The van der Waals surface area contributed by atoms with Gasteiger partial charge in [0, 0.05) is 19.1 Å². The number of rotatable bonds is 8. The van der Waals surface area contributed by atoms with Crippen molar-refractivity contribution in [3.05, 3.63) is 29.3 Å². The Balaban J connectivity index is 2.32. The maximum Gasteiger partial charge on any atom is 0.243 e. The van der Waals surface area contributed by atoms with Crippen LogP contribution in [0, 0.1) is 0 Å². The van der Waals surface area contributed by atoms with Crippen molar-refractivity contribution in [1.29, 1.82) is 0 Å². The molecule has 0 bridgehead atoms. The van der Waals surface area contributed by atoms with Crippen LogP contribution in [-0.2, 0) is 23.0 Å². The minimum Gasteiger partial charge on any atom is -0.326 e. The SMILES string of the molecule is CCCCN(C1CC1)S(=O)(=O)c1ccc(CC)c(CN)c1. The van der Waals surface area contributed by atoms with Crippen LogP contribution < -0.4 is 5.73 Å². The van der Waals surface area contributed by atoms with E-state index >= 15 is 0 Å². The van der Waals surface area contributed by atoms with Gasteiger partial charge in [0.2, 0.25) is 10.0 Å². The minimum absolute atomic E-state index is 0.203. The Hall–Kier alpha value is -0.910. The summed E-state index contributed by atoms with van der Waals surface area (Å²) in [5.74, 6) is 0. The Morgan fingerprint density at radius 2 is 1.95 bits per heavy atom. The van der Waals surface area contributed by atoms with Gasteiger partial charge in [-0.1, -0.05) is 26.3 Å². The van der Waals surface area contributed by atoms with E-state index in [0.29, 0.717) is 18.0 Å². The normalized spacial score (nSPS) is 15.6. The molecule has 1 aromatic carbocycles. The molecule has 1 saturated carbocycles. The Bertz CT molecular complexity index is 580. The summed E-state index contributed by atoms with van der Waals surface area (Å²) in [5.41, 5.74) is 7.82. The first-order chi connectivity index (χ1) is 10.0. The second kappa shape index (κ2) is 6.90. The van der Waals surface area contributed by atoms with Crippen LogP contribution in [0.25, 0.3) is 0 Å². The van der Waals surface area contributed by atoms with Crippen LogP contribution in [0.5, 0.6) is 0 Å². The number of nitrogens with zero attached hydrogens (tertiary/aromatic N) is 1. The Morgan fingerprint density at radius 3 is 2.48 bits per heavy atom. The van der Waals surface area contributed by atoms with Gasteiger partial charge in [-0.2, -0.15) is 4.31 Å². The highest BCUT2D eigenvalue weighted by Gasteiger charge is 2.37. The maximum atomic E-state index is 12.9. The van der Waals surface area contributed by atoms with Gasteiger partial charge in [-0.25, -0.2) is 8.42 Å². The van der Waals surface area contributed by atoms with Gasteiger partial charge in [0.25, 0.3) is 0 Å². The van der Waals surface area contributed by atoms with Crippen molar-refractivity contribution in [2.24, 2.45) is 5.73 Å². The average molecular weight is 310 g/mol. The number of benzene rings is 1. The minimum atomic E-state index is -3.39. The van der Waals surface area contributed by atoms with E-state index in [1.807, 2.05) is 6.07 Å². The molecule has 1 fully saturated rings. The molecule has 1 aliphatic carbocycles. The summed E-state index contributed by atoms with van der Waals surface area (Å²) in [6, 6.07) is 5.60. The van der Waals surface area contributed by atoms with Crippen molar-refractivity contribution in [3.8, 4) is 0 Å². The van der Waals surface area contributed by atoms with Crippen LogP contribution in [0.2, 0.25) is 0 Å². The number of aryl methyl sites for hydroxylation is 1. The summed E-state index contributed by atoms with van der Waals surface area (Å²) in [6.07, 6.45) is 4.75. The first-order valence-corrected chi connectivity index (χ1v) is 9.32. The smallest absolute Gasteiger partial charge is 0.243 e. The molecule has 1 aromatic rings. The lowest BCUT2D eigenvalue weighted by Gasteiger charge is -2.22. The van der Waals surface area contributed by atoms with Crippen LogP contribution in [0.3, 0.4) is 0 Å². The topological polar surface area (TPSA) is 63.4 Å². The summed E-state index contributed by atoms with van der Waals surface area (Å²) >= 11 is 0. The standard InChI is InChI=1S/C16H26N2O2S/c1-3-5-10-18(15-7-8-15)21(19,20)16-9-6-13(4-2)14(11-16)12-17/h6,9,11,15H,3-5,7-8,10,12,17H2,1-2H3. The van der Waals surface area contributed by atoms with E-state index in [1.54, 1.807) is 16.4 Å². The molecular weight excluding hydrogens is 284 g/mol. The lowest BCUT2D eigenvalue weighted by molar-refractivity contribution is 0.395. The van der Waals surface area contributed by atoms with Crippen LogP contribution in [-0.4, -0.2) is 25.3 Å². The summed E-state index contributed by atoms with van der Waals surface area (Å²) in [4.78, 5) is 0.392. The number of hydrogen-bond acceptors (Lipinski definition) is 3. The highest BCUT2D eigenvalue weighted by molar-refractivity contribution is 7.89. The number of nitrogens with two attached hydrogens (primary N) is 1. The van der Waals surface area contributed by atoms with E-state index in [1.165, 1.54) is 0 Å². The third-order valence-electron chi connectivity index (χ3n) is 4.07. The van der Waals surface area contributed by atoms with Gasteiger partial charge in [0.15, 0.2) is 0 Å². The van der Waals surface area contributed by atoms with Crippen molar-refractivity contribution in [2.45, 2.75) is 63.4 Å². The summed E-state index contributed by atoms with van der Waals surface area (Å²) in [7, 11) is -3.39. The van der Waals surface area contributed by atoms with Gasteiger partial charge in [-0.15, -0.1) is 0 Å². The molecule has 0 saturated heterocycles. The molecule has 0 spiro atoms. The van der Waals surface area contributed by atoms with Gasteiger partial charge in [-0.05, 0) is 48.9 Å². The highest BCUT2D eigenvalue weighted by Crippen LogP contribution is 2.32. The van der Waals surface area contributed by atoms with Gasteiger partial charge in [0.1, 0.15) is 0 Å². The zero-order chi connectivity index (χ0) is 15.5. The molecule has 0 radical (unpaired) electrons. The second-order valence-electron chi connectivity index (χ2n) is 5.69. The molecule has 21 heavy (non-hydrogen) atoms. The van der Waals surface area contributed by atoms with Crippen molar-refractivity contribution in [2.75, 3.05) is 6.54 Å². The number of sulfonamides is 1. The second-order valence-corrected chi connectivity index (χ2v) is 7.58. The van der Waals surface area contributed by atoms with Gasteiger partial charge in [-0.3, -0.25) is 0 Å². The Labute approximate surface area is 128 Å². The van der Waals surface area contributed by atoms with E-state index < -0.39 is 10.0 Å². The predicted molar refractivity (Wildman–Crippen MR) is 85.5 cm³/mol. The molecule has 5 heteroatoms. The first-order valence-electron chi connectivity index (χ1n) is 7.88. The molecule has 0 atom stereocenters. The third-order valence-corrected chi connectivity index (χ3v) is 6.02.